The number of benzene rings is 2. The molecule has 0 aliphatic carbocycles. The molecule has 1 N–H and O–H groups in total. The molecule has 0 radical (unpaired) electrons. The molecule has 0 bridgehead atoms. The lowest BCUT2D eigenvalue weighted by atomic mass is 9.98. The van der Waals surface area contributed by atoms with Gasteiger partial charge in [-0.05, 0) is 74.5 Å². The van der Waals surface area contributed by atoms with Gasteiger partial charge in [0, 0.05) is 31.0 Å². The average Bonchev–Trinajstić information content (AvgIpc) is 3.31. The van der Waals surface area contributed by atoms with E-state index in [1.54, 1.807) is 18.3 Å². The first-order valence-electron chi connectivity index (χ1n) is 10.7. The Kier molecular flexibility index (Phi) is 6.20. The summed E-state index contributed by atoms with van der Waals surface area (Å²) in [6, 6.07) is 19.7. The zero-order chi connectivity index (χ0) is 22.7. The first-order chi connectivity index (χ1) is 15.5. The smallest absolute Gasteiger partial charge is 0.257 e. The van der Waals surface area contributed by atoms with Gasteiger partial charge in [0.15, 0.2) is 0 Å². The van der Waals surface area contributed by atoms with E-state index in [0.717, 1.165) is 47.7 Å². The molecule has 1 aliphatic heterocycles. The summed E-state index contributed by atoms with van der Waals surface area (Å²) >= 11 is 0. The Hall–Kier alpha value is -3.69. The van der Waals surface area contributed by atoms with E-state index in [1.807, 2.05) is 49.4 Å². The van der Waals surface area contributed by atoms with Crippen LogP contribution in [0.3, 0.4) is 0 Å². The Morgan fingerprint density at radius 3 is 2.56 bits per heavy atom. The molecule has 0 spiro atoms. The Labute approximate surface area is 189 Å². The van der Waals surface area contributed by atoms with Gasteiger partial charge in [0.25, 0.3) is 5.91 Å². The van der Waals surface area contributed by atoms with E-state index in [2.05, 4.69) is 40.3 Å². The summed E-state index contributed by atoms with van der Waals surface area (Å²) in [4.78, 5) is 21.9. The molecule has 162 valence electrons. The number of pyridine rings is 1. The van der Waals surface area contributed by atoms with E-state index >= 15 is 0 Å². The van der Waals surface area contributed by atoms with Gasteiger partial charge < -0.3 is 15.1 Å². The van der Waals surface area contributed by atoms with Crippen LogP contribution in [0.15, 0.2) is 60.8 Å². The van der Waals surface area contributed by atoms with Crippen LogP contribution in [0.4, 0.5) is 11.5 Å². The van der Waals surface area contributed by atoms with E-state index in [4.69, 9.17) is 5.26 Å². The molecule has 1 saturated heterocycles. The van der Waals surface area contributed by atoms with Gasteiger partial charge in [-0.3, -0.25) is 4.79 Å². The molecule has 6 nitrogen and oxygen atoms in total. The number of likely N-dealkylation sites (N-methyl/N-ethyl adjacent to an activating group) is 1. The first-order valence-corrected chi connectivity index (χ1v) is 10.7. The molecule has 0 unspecified atom stereocenters. The van der Waals surface area contributed by atoms with E-state index in [-0.39, 0.29) is 5.91 Å². The second-order valence-electron chi connectivity index (χ2n) is 8.38. The fraction of sp³-hybridized carbons (Fsp3) is 0.269. The van der Waals surface area contributed by atoms with Crippen LogP contribution >= 0.6 is 0 Å². The lowest BCUT2D eigenvalue weighted by Gasteiger charge is -2.21. The molecule has 1 aromatic heterocycles. The molecule has 6 heteroatoms. The number of nitrogens with zero attached hydrogens (tertiary/aromatic N) is 4. The van der Waals surface area contributed by atoms with Gasteiger partial charge in [0.2, 0.25) is 0 Å². The number of nitriles is 1. The number of rotatable bonds is 5. The zero-order valence-corrected chi connectivity index (χ0v) is 18.7. The third-order valence-corrected chi connectivity index (χ3v) is 6.13. The van der Waals surface area contributed by atoms with Crippen LogP contribution in [0, 0.1) is 18.3 Å². The van der Waals surface area contributed by atoms with Crippen molar-refractivity contribution in [1.29, 1.82) is 5.26 Å². The molecule has 1 fully saturated rings. The first kappa shape index (κ1) is 21.5. The number of nitrogens with one attached hydrogen (secondary N) is 1. The standard InChI is InChI=1S/C26H27N5O/c1-18-23(20-9-7-19(15-27)8-10-20)5-4-6-24(18)29-26(32)21-11-12-25(28-16-21)31-14-13-22(17-31)30(2)3/h4-12,16,22H,13-14,17H2,1-3H3,(H,29,32)/t22-/m0/s1. The number of carbonyl (C=O) groups excluding carboxylic acids is 1. The van der Waals surface area contributed by atoms with Gasteiger partial charge >= 0.3 is 0 Å². The lowest BCUT2D eigenvalue weighted by Crippen LogP contribution is -2.31. The normalized spacial score (nSPS) is 15.6. The van der Waals surface area contributed by atoms with Crippen LogP contribution in [0.2, 0.25) is 0 Å². The minimum Gasteiger partial charge on any atom is -0.355 e. The Morgan fingerprint density at radius 2 is 1.94 bits per heavy atom. The van der Waals surface area contributed by atoms with Crippen molar-refractivity contribution in [2.45, 2.75) is 19.4 Å². The molecule has 3 aromatic rings. The number of hydrogen-bond donors (Lipinski definition) is 1. The number of carbonyl (C=O) groups is 1. The summed E-state index contributed by atoms with van der Waals surface area (Å²) < 4.78 is 0. The second kappa shape index (κ2) is 9.21. The van der Waals surface area contributed by atoms with Gasteiger partial charge in [-0.25, -0.2) is 4.98 Å². The second-order valence-corrected chi connectivity index (χ2v) is 8.38. The van der Waals surface area contributed by atoms with Crippen molar-refractivity contribution in [2.75, 3.05) is 37.4 Å². The van der Waals surface area contributed by atoms with E-state index in [1.165, 1.54) is 0 Å². The van der Waals surface area contributed by atoms with Crippen LogP contribution in [0.25, 0.3) is 11.1 Å². The van der Waals surface area contributed by atoms with Crippen molar-refractivity contribution in [2.24, 2.45) is 0 Å². The summed E-state index contributed by atoms with van der Waals surface area (Å²) in [5.41, 5.74) is 4.91. The summed E-state index contributed by atoms with van der Waals surface area (Å²) in [6.45, 7) is 3.91. The summed E-state index contributed by atoms with van der Waals surface area (Å²) in [7, 11) is 4.21. The fourth-order valence-corrected chi connectivity index (χ4v) is 4.08. The number of amides is 1. The largest absolute Gasteiger partial charge is 0.355 e. The molecule has 2 heterocycles. The minimum absolute atomic E-state index is 0.184. The molecule has 32 heavy (non-hydrogen) atoms. The Bertz CT molecular complexity index is 1150. The van der Waals surface area contributed by atoms with Gasteiger partial charge in [0.05, 0.1) is 17.2 Å². The van der Waals surface area contributed by atoms with Gasteiger partial charge in [0.1, 0.15) is 5.82 Å². The highest BCUT2D eigenvalue weighted by Crippen LogP contribution is 2.29. The van der Waals surface area contributed by atoms with Crippen LogP contribution in [0.5, 0.6) is 0 Å². The van der Waals surface area contributed by atoms with Crippen LogP contribution < -0.4 is 10.2 Å². The van der Waals surface area contributed by atoms with Gasteiger partial charge in [-0.2, -0.15) is 5.26 Å². The Balaban J connectivity index is 1.48. The highest BCUT2D eigenvalue weighted by atomic mass is 16.1. The lowest BCUT2D eigenvalue weighted by molar-refractivity contribution is 0.102. The molecule has 1 atom stereocenters. The average molecular weight is 426 g/mol. The molecule has 0 saturated carbocycles. The predicted octanol–water partition coefficient (Wildman–Crippen LogP) is 4.32. The highest BCUT2D eigenvalue weighted by Gasteiger charge is 2.24. The molecular weight excluding hydrogens is 398 g/mol. The van der Waals surface area contributed by atoms with E-state index in [9.17, 15) is 4.79 Å². The number of aromatic nitrogens is 1. The quantitative estimate of drug-likeness (QED) is 0.659. The highest BCUT2D eigenvalue weighted by molar-refractivity contribution is 6.05. The van der Waals surface area contributed by atoms with Gasteiger partial charge in [-0.15, -0.1) is 0 Å². The predicted molar refractivity (Wildman–Crippen MR) is 128 cm³/mol. The summed E-state index contributed by atoms with van der Waals surface area (Å²) in [6.07, 6.45) is 2.76. The summed E-state index contributed by atoms with van der Waals surface area (Å²) in [5.74, 6) is 0.724. The minimum atomic E-state index is -0.184. The number of hydrogen-bond acceptors (Lipinski definition) is 5. The molecule has 1 aliphatic rings. The molecule has 1 amide bonds. The third kappa shape index (κ3) is 4.48. The molecule has 4 rings (SSSR count). The van der Waals surface area contributed by atoms with Crippen molar-refractivity contribution in [3.63, 3.8) is 0 Å². The van der Waals surface area contributed by atoms with E-state index < -0.39 is 0 Å². The van der Waals surface area contributed by atoms with Crippen molar-refractivity contribution in [3.8, 4) is 17.2 Å². The molecule has 2 aromatic carbocycles. The van der Waals surface area contributed by atoms with Crippen LogP contribution in [0.1, 0.15) is 27.9 Å². The van der Waals surface area contributed by atoms with Crippen molar-refractivity contribution >= 4 is 17.4 Å². The van der Waals surface area contributed by atoms with E-state index in [0.29, 0.717) is 17.2 Å². The Morgan fingerprint density at radius 1 is 1.16 bits per heavy atom. The van der Waals surface area contributed by atoms with Crippen molar-refractivity contribution < 1.29 is 4.79 Å². The van der Waals surface area contributed by atoms with Gasteiger partial charge in [-0.1, -0.05) is 24.3 Å². The van der Waals surface area contributed by atoms with Crippen molar-refractivity contribution in [1.82, 2.24) is 9.88 Å². The number of anilines is 2. The fourth-order valence-electron chi connectivity index (χ4n) is 4.08. The topological polar surface area (TPSA) is 72.3 Å². The maximum Gasteiger partial charge on any atom is 0.257 e. The van der Waals surface area contributed by atoms with Crippen LogP contribution in [-0.4, -0.2) is 49.0 Å². The van der Waals surface area contributed by atoms with Crippen LogP contribution in [-0.2, 0) is 0 Å². The molecular formula is C26H27N5O. The van der Waals surface area contributed by atoms with Crippen molar-refractivity contribution in [3.05, 3.63) is 77.5 Å². The maximum atomic E-state index is 12.9. The third-order valence-electron chi connectivity index (χ3n) is 6.13. The maximum absolute atomic E-state index is 12.9. The zero-order valence-electron chi connectivity index (χ0n) is 18.7. The SMILES string of the molecule is Cc1c(NC(=O)c2ccc(N3CC[C@H](N(C)C)C3)nc2)cccc1-c1ccc(C#N)cc1. The summed E-state index contributed by atoms with van der Waals surface area (Å²) in [5, 5.41) is 12.0. The monoisotopic (exact) mass is 425 g/mol.